The number of fused-ring (bicyclic) bond motifs is 1. The van der Waals surface area contributed by atoms with E-state index < -0.39 is 53.9 Å². The van der Waals surface area contributed by atoms with E-state index in [1.807, 2.05) is 0 Å². The van der Waals surface area contributed by atoms with Crippen LogP contribution in [0.2, 0.25) is 6.82 Å². The van der Waals surface area contributed by atoms with Crippen LogP contribution in [0.25, 0.3) is 0 Å². The van der Waals surface area contributed by atoms with Crippen LogP contribution in [0, 0.1) is 11.6 Å². The maximum Gasteiger partial charge on any atom is 0.376 e. The Balaban J connectivity index is 1.96. The minimum Gasteiger partial charge on any atom is -0.479 e. The van der Waals surface area contributed by atoms with Crippen LogP contribution in [0.4, 0.5) is 14.5 Å². The SMILES string of the molecule is CB(O)N(C)[C@@H](C)C(=O)N[C@H]1C(=O)Nc2ccc(F)c(F)c2OC12CCOCC2. The molecule has 1 saturated heterocycles. The summed E-state index contributed by atoms with van der Waals surface area (Å²) in [5.41, 5.74) is -1.31. The van der Waals surface area contributed by atoms with Crippen molar-refractivity contribution in [2.45, 2.75) is 44.3 Å². The van der Waals surface area contributed by atoms with Gasteiger partial charge in [-0.2, -0.15) is 4.39 Å². The zero-order chi connectivity index (χ0) is 21.3. The van der Waals surface area contributed by atoms with Crippen molar-refractivity contribution < 1.29 is 32.9 Å². The molecule has 0 unspecified atom stereocenters. The molecule has 1 spiro atoms. The highest BCUT2D eigenvalue weighted by atomic mass is 19.2. The van der Waals surface area contributed by atoms with E-state index in [1.165, 1.54) is 17.7 Å². The standard InChI is InChI=1S/C18H24BF2N3O5/c1-10(24(3)19(2)27)16(25)23-15-17(26)22-12-5-4-11(20)13(21)14(12)29-18(15)6-8-28-9-7-18/h4-5,10,15,27H,6-9H2,1-3H3,(H,22,26)(H,23,25)/t10-,15-/m0/s1. The molecule has 29 heavy (non-hydrogen) atoms. The number of nitrogens with zero attached hydrogens (tertiary/aromatic N) is 1. The molecule has 0 radical (unpaired) electrons. The average molecular weight is 411 g/mol. The summed E-state index contributed by atoms with van der Waals surface area (Å²) < 4.78 is 39.5. The number of nitrogens with one attached hydrogen (secondary N) is 2. The summed E-state index contributed by atoms with van der Waals surface area (Å²) in [5, 5.41) is 14.9. The molecule has 2 heterocycles. The summed E-state index contributed by atoms with van der Waals surface area (Å²) in [7, 11) is 0.685. The lowest BCUT2D eigenvalue weighted by molar-refractivity contribution is -0.137. The Morgan fingerprint density at radius 2 is 2.07 bits per heavy atom. The molecule has 3 rings (SSSR count). The molecule has 0 aromatic heterocycles. The lowest BCUT2D eigenvalue weighted by atomic mass is 9.83. The fourth-order valence-corrected chi connectivity index (χ4v) is 3.51. The third-order valence-electron chi connectivity index (χ3n) is 5.61. The molecular weight excluding hydrogens is 387 g/mol. The predicted octanol–water partition coefficient (Wildman–Crippen LogP) is 0.760. The van der Waals surface area contributed by atoms with Gasteiger partial charge < -0.3 is 29.9 Å². The van der Waals surface area contributed by atoms with E-state index in [9.17, 15) is 23.4 Å². The molecule has 1 aromatic carbocycles. The van der Waals surface area contributed by atoms with E-state index in [0.29, 0.717) is 0 Å². The van der Waals surface area contributed by atoms with Gasteiger partial charge in [0.2, 0.25) is 11.7 Å². The minimum absolute atomic E-state index is 0.00865. The van der Waals surface area contributed by atoms with E-state index in [1.54, 1.807) is 14.0 Å². The van der Waals surface area contributed by atoms with Gasteiger partial charge in [-0.25, -0.2) is 4.39 Å². The highest BCUT2D eigenvalue weighted by Gasteiger charge is 2.50. The van der Waals surface area contributed by atoms with Crippen LogP contribution in [-0.2, 0) is 14.3 Å². The molecule has 1 fully saturated rings. The van der Waals surface area contributed by atoms with Gasteiger partial charge in [0.25, 0.3) is 5.91 Å². The fraction of sp³-hybridized carbons (Fsp3) is 0.556. The van der Waals surface area contributed by atoms with Crippen molar-refractivity contribution in [2.75, 3.05) is 25.6 Å². The number of ether oxygens (including phenoxy) is 2. The maximum atomic E-state index is 14.4. The van der Waals surface area contributed by atoms with E-state index in [2.05, 4.69) is 10.6 Å². The van der Waals surface area contributed by atoms with Crippen LogP contribution < -0.4 is 15.4 Å². The summed E-state index contributed by atoms with van der Waals surface area (Å²) in [6, 6.07) is 0.192. The van der Waals surface area contributed by atoms with Crippen molar-refractivity contribution in [1.82, 2.24) is 10.1 Å². The van der Waals surface area contributed by atoms with Crippen molar-refractivity contribution in [1.29, 1.82) is 0 Å². The number of rotatable bonds is 4. The van der Waals surface area contributed by atoms with Gasteiger partial charge in [-0.15, -0.1) is 0 Å². The van der Waals surface area contributed by atoms with Crippen molar-refractivity contribution in [3.8, 4) is 5.75 Å². The van der Waals surface area contributed by atoms with Crippen molar-refractivity contribution in [2.24, 2.45) is 0 Å². The average Bonchev–Trinajstić information content (AvgIpc) is 2.80. The number of hydrogen-bond acceptors (Lipinski definition) is 6. The highest BCUT2D eigenvalue weighted by molar-refractivity contribution is 6.45. The zero-order valence-electron chi connectivity index (χ0n) is 16.5. The number of benzene rings is 1. The Morgan fingerprint density at radius 1 is 1.41 bits per heavy atom. The minimum atomic E-state index is -1.30. The molecule has 0 saturated carbocycles. The van der Waals surface area contributed by atoms with Gasteiger partial charge >= 0.3 is 7.05 Å². The molecule has 158 valence electrons. The van der Waals surface area contributed by atoms with Crippen molar-refractivity contribution >= 4 is 24.6 Å². The van der Waals surface area contributed by atoms with Crippen LogP contribution in [-0.4, -0.2) is 66.6 Å². The molecule has 2 atom stereocenters. The number of hydrogen-bond donors (Lipinski definition) is 3. The summed E-state index contributed by atoms with van der Waals surface area (Å²) in [5.74, 6) is -3.82. The second-order valence-electron chi connectivity index (χ2n) is 7.42. The molecule has 0 aliphatic carbocycles. The first-order valence-electron chi connectivity index (χ1n) is 9.42. The van der Waals surface area contributed by atoms with E-state index in [-0.39, 0.29) is 31.7 Å². The number of carbonyl (C=O) groups excluding carboxylic acids is 2. The number of anilines is 1. The Bertz CT molecular complexity index is 804. The summed E-state index contributed by atoms with van der Waals surface area (Å²) in [6.45, 7) is 3.56. The number of carbonyl (C=O) groups is 2. The first-order valence-corrected chi connectivity index (χ1v) is 9.42. The second kappa shape index (κ2) is 8.25. The van der Waals surface area contributed by atoms with Gasteiger partial charge in [-0.3, -0.25) is 9.59 Å². The second-order valence-corrected chi connectivity index (χ2v) is 7.42. The normalized spacial score (nSPS) is 21.6. The molecule has 0 bridgehead atoms. The topological polar surface area (TPSA) is 100 Å². The molecule has 11 heteroatoms. The van der Waals surface area contributed by atoms with E-state index >= 15 is 0 Å². The molecule has 2 aliphatic rings. The van der Waals surface area contributed by atoms with Crippen LogP contribution in [0.1, 0.15) is 19.8 Å². The fourth-order valence-electron chi connectivity index (χ4n) is 3.51. The largest absolute Gasteiger partial charge is 0.479 e. The molecule has 3 N–H and O–H groups in total. The van der Waals surface area contributed by atoms with Crippen molar-refractivity contribution in [3.05, 3.63) is 23.8 Å². The molecule has 1 aromatic rings. The van der Waals surface area contributed by atoms with Gasteiger partial charge in [0, 0.05) is 12.8 Å². The zero-order valence-corrected chi connectivity index (χ0v) is 16.5. The van der Waals surface area contributed by atoms with Crippen LogP contribution in [0.5, 0.6) is 5.75 Å². The van der Waals surface area contributed by atoms with E-state index in [0.717, 1.165) is 6.07 Å². The summed E-state index contributed by atoms with van der Waals surface area (Å²) in [4.78, 5) is 27.2. The first kappa shape index (κ1) is 21.5. The van der Waals surface area contributed by atoms with Gasteiger partial charge in [0.15, 0.2) is 11.6 Å². The third-order valence-corrected chi connectivity index (χ3v) is 5.61. The number of likely N-dealkylation sites (N-methyl/N-ethyl adjacent to an activating group) is 1. The van der Waals surface area contributed by atoms with Crippen LogP contribution in [0.15, 0.2) is 12.1 Å². The lowest BCUT2D eigenvalue weighted by Gasteiger charge is -2.41. The lowest BCUT2D eigenvalue weighted by Crippen LogP contribution is -2.64. The molecule has 2 amide bonds. The molecule has 8 nitrogen and oxygen atoms in total. The van der Waals surface area contributed by atoms with Gasteiger partial charge in [-0.1, -0.05) is 0 Å². The van der Waals surface area contributed by atoms with Crippen molar-refractivity contribution in [3.63, 3.8) is 0 Å². The Labute approximate surface area is 167 Å². The third kappa shape index (κ3) is 4.07. The number of amides is 2. The maximum absolute atomic E-state index is 14.4. The molecular formula is C18H24BF2N3O5. The van der Waals surface area contributed by atoms with E-state index in [4.69, 9.17) is 9.47 Å². The van der Waals surface area contributed by atoms with Gasteiger partial charge in [0.1, 0.15) is 11.6 Å². The van der Waals surface area contributed by atoms with Gasteiger partial charge in [0.05, 0.1) is 24.9 Å². The highest BCUT2D eigenvalue weighted by Crippen LogP contribution is 2.40. The van der Waals surface area contributed by atoms with Crippen LogP contribution >= 0.6 is 0 Å². The summed E-state index contributed by atoms with van der Waals surface area (Å²) >= 11 is 0. The quantitative estimate of drug-likeness (QED) is 0.633. The summed E-state index contributed by atoms with van der Waals surface area (Å²) in [6.07, 6.45) is 0.392. The first-order chi connectivity index (χ1) is 13.7. The smallest absolute Gasteiger partial charge is 0.376 e. The number of halogens is 2. The van der Waals surface area contributed by atoms with Gasteiger partial charge in [-0.05, 0) is 32.9 Å². The predicted molar refractivity (Wildman–Crippen MR) is 101 cm³/mol. The molecule has 2 aliphatic heterocycles. The Morgan fingerprint density at radius 3 is 2.69 bits per heavy atom. The Hall–Kier alpha value is -2.24. The van der Waals surface area contributed by atoms with Crippen LogP contribution in [0.3, 0.4) is 0 Å². The monoisotopic (exact) mass is 411 g/mol. The Kier molecular flexibility index (Phi) is 6.11.